The van der Waals surface area contributed by atoms with Crippen LogP contribution in [0.25, 0.3) is 76.4 Å². The molecule has 0 N–H and O–H groups in total. The molecule has 1 radical (unpaired) electrons. The van der Waals surface area contributed by atoms with Crippen molar-refractivity contribution in [3.05, 3.63) is 206 Å². The number of para-hydroxylation sites is 1. The molecule has 0 saturated carbocycles. The number of pyridine rings is 1. The maximum atomic E-state index is 15.1. The Labute approximate surface area is 363 Å². The minimum atomic E-state index is -3.15. The van der Waals surface area contributed by atoms with E-state index in [1.54, 1.807) is 0 Å². The SMILES string of the molecule is CC(C)Cc1cccc2nc(-c3[c-]ccc4c3oc3ccccc34)ccc12.O=P(c1[c-]cc2ccccc2c1)(c1ccc2ccccc2c1)c1ccc2ccccc2c1.[Ir]. The van der Waals surface area contributed by atoms with Crippen molar-refractivity contribution < 1.29 is 29.1 Å². The van der Waals surface area contributed by atoms with Crippen LogP contribution >= 0.6 is 7.14 Å². The Morgan fingerprint density at radius 2 is 1.18 bits per heavy atom. The van der Waals surface area contributed by atoms with Gasteiger partial charge in [-0.25, -0.2) is 0 Å². The summed E-state index contributed by atoms with van der Waals surface area (Å²) >= 11 is 0. The molecule has 0 saturated heterocycles. The van der Waals surface area contributed by atoms with E-state index in [0.29, 0.717) is 5.92 Å². The second kappa shape index (κ2) is 16.5. The number of fused-ring (bicyclic) bond motifs is 7. The molecular formula is C55H40IrNO2P-2. The summed E-state index contributed by atoms with van der Waals surface area (Å²) in [6.07, 6.45) is 1.06. The largest absolute Gasteiger partial charge is 0.501 e. The first-order valence-electron chi connectivity index (χ1n) is 20.1. The fourth-order valence-corrected chi connectivity index (χ4v) is 11.0. The quantitative estimate of drug-likeness (QED) is 0.123. The van der Waals surface area contributed by atoms with Crippen LogP contribution in [0, 0.1) is 18.1 Å². The minimum absolute atomic E-state index is 0. The van der Waals surface area contributed by atoms with Gasteiger partial charge in [-0.1, -0.05) is 164 Å². The van der Waals surface area contributed by atoms with Crippen LogP contribution in [-0.2, 0) is 31.1 Å². The molecule has 0 aliphatic carbocycles. The van der Waals surface area contributed by atoms with Crippen LogP contribution in [0.15, 0.2) is 192 Å². The van der Waals surface area contributed by atoms with Gasteiger partial charge in [-0.3, -0.25) is 4.98 Å². The molecule has 0 aliphatic rings. The molecule has 3 nitrogen and oxygen atoms in total. The van der Waals surface area contributed by atoms with Crippen molar-refractivity contribution in [2.24, 2.45) is 5.92 Å². The second-order valence-corrected chi connectivity index (χ2v) is 18.3. The van der Waals surface area contributed by atoms with E-state index in [4.69, 9.17) is 9.40 Å². The standard InChI is InChI=1S/C30H20OP.C25H20NO.Ir/c31-32(28-16-13-22-7-1-4-10-25(22)19-28,29-17-14-23-8-2-5-11-26(23)20-29)30-18-15-24-9-3-6-12-27(24)21-30;1-16(2)15-17-7-5-11-22-18(17)13-14-23(26-22)21-10-6-9-20-19-8-3-4-12-24(19)27-25(20)21;/h1-17,19-21H;3-9,11-14,16H,15H2,1-2H3;/q2*-1;. The maximum absolute atomic E-state index is 15.1. The first kappa shape index (κ1) is 39.3. The number of furan rings is 1. The molecule has 0 bridgehead atoms. The molecule has 2 heterocycles. The summed E-state index contributed by atoms with van der Waals surface area (Å²) in [6.45, 7) is 4.50. The van der Waals surface area contributed by atoms with Gasteiger partial charge in [-0.05, 0) is 69.4 Å². The Morgan fingerprint density at radius 1 is 0.567 bits per heavy atom. The molecule has 0 aliphatic heterocycles. The molecule has 9 aromatic carbocycles. The fraction of sp³-hybridized carbons (Fsp3) is 0.0727. The zero-order valence-electron chi connectivity index (χ0n) is 33.2. The third kappa shape index (κ3) is 7.26. The zero-order chi connectivity index (χ0) is 39.9. The molecule has 2 aromatic heterocycles. The van der Waals surface area contributed by atoms with Gasteiger partial charge >= 0.3 is 0 Å². The molecule has 11 aromatic rings. The van der Waals surface area contributed by atoms with Crippen molar-refractivity contribution >= 4 is 88.2 Å². The average molecular weight is 970 g/mol. The van der Waals surface area contributed by atoms with E-state index in [-0.39, 0.29) is 20.1 Å². The topological polar surface area (TPSA) is 43.1 Å². The van der Waals surface area contributed by atoms with Gasteiger partial charge in [-0.15, -0.1) is 35.0 Å². The van der Waals surface area contributed by atoms with Gasteiger partial charge in [0.2, 0.25) is 0 Å². The van der Waals surface area contributed by atoms with Crippen LogP contribution in [0.3, 0.4) is 0 Å². The van der Waals surface area contributed by atoms with Crippen molar-refractivity contribution in [3.8, 4) is 11.3 Å². The molecule has 293 valence electrons. The van der Waals surface area contributed by atoms with E-state index in [9.17, 15) is 0 Å². The van der Waals surface area contributed by atoms with Crippen molar-refractivity contribution in [1.82, 2.24) is 4.98 Å². The van der Waals surface area contributed by atoms with Crippen molar-refractivity contribution in [1.29, 1.82) is 0 Å². The summed E-state index contributed by atoms with van der Waals surface area (Å²) in [4.78, 5) is 4.94. The summed E-state index contributed by atoms with van der Waals surface area (Å²) in [6, 6.07) is 70.5. The molecule has 60 heavy (non-hydrogen) atoms. The Kier molecular flexibility index (Phi) is 10.8. The van der Waals surface area contributed by atoms with E-state index < -0.39 is 7.14 Å². The predicted molar refractivity (Wildman–Crippen MR) is 249 cm³/mol. The van der Waals surface area contributed by atoms with Crippen LogP contribution in [0.2, 0.25) is 0 Å². The number of nitrogens with zero attached hydrogens (tertiary/aromatic N) is 1. The van der Waals surface area contributed by atoms with Crippen LogP contribution < -0.4 is 15.9 Å². The summed E-state index contributed by atoms with van der Waals surface area (Å²) in [5, 5.41) is 12.5. The van der Waals surface area contributed by atoms with Gasteiger partial charge in [0.25, 0.3) is 0 Å². The number of hydrogen-bond donors (Lipinski definition) is 0. The first-order valence-corrected chi connectivity index (χ1v) is 21.8. The molecule has 0 amide bonds. The molecule has 0 spiro atoms. The Morgan fingerprint density at radius 3 is 1.87 bits per heavy atom. The number of hydrogen-bond acceptors (Lipinski definition) is 3. The predicted octanol–water partition coefficient (Wildman–Crippen LogP) is 13.4. The van der Waals surface area contributed by atoms with Gasteiger partial charge in [0.15, 0.2) is 0 Å². The summed E-state index contributed by atoms with van der Waals surface area (Å²) in [5.74, 6) is 0.618. The number of aromatic nitrogens is 1. The molecule has 0 unspecified atom stereocenters. The van der Waals surface area contributed by atoms with Gasteiger partial charge in [0.1, 0.15) is 12.7 Å². The first-order chi connectivity index (χ1) is 28.9. The maximum Gasteiger partial charge on any atom is 0.147 e. The van der Waals surface area contributed by atoms with Crippen molar-refractivity contribution in [3.63, 3.8) is 0 Å². The third-order valence-corrected chi connectivity index (χ3v) is 14.2. The van der Waals surface area contributed by atoms with E-state index >= 15 is 4.57 Å². The van der Waals surface area contributed by atoms with Crippen LogP contribution in [0.1, 0.15) is 19.4 Å². The molecule has 0 fully saturated rings. The second-order valence-electron chi connectivity index (χ2n) is 15.6. The number of rotatable bonds is 6. The molecule has 5 heteroatoms. The Balaban J connectivity index is 0.000000154. The Bertz CT molecular complexity index is 3210. The minimum Gasteiger partial charge on any atom is -0.501 e. The van der Waals surface area contributed by atoms with E-state index in [0.717, 1.165) is 93.4 Å². The zero-order valence-corrected chi connectivity index (χ0v) is 36.5. The smallest absolute Gasteiger partial charge is 0.147 e. The average Bonchev–Trinajstić information content (AvgIpc) is 3.67. The van der Waals surface area contributed by atoms with Gasteiger partial charge < -0.3 is 8.98 Å². The van der Waals surface area contributed by atoms with E-state index in [2.05, 4.69) is 129 Å². The summed E-state index contributed by atoms with van der Waals surface area (Å²) in [5.41, 5.74) is 5.94. The van der Waals surface area contributed by atoms with Crippen LogP contribution in [-0.4, -0.2) is 4.98 Å². The third-order valence-electron chi connectivity index (χ3n) is 11.2. The molecule has 11 rings (SSSR count). The van der Waals surface area contributed by atoms with Gasteiger partial charge in [-0.2, -0.15) is 18.2 Å². The Hall–Kier alpha value is -6.15. The van der Waals surface area contributed by atoms with Gasteiger partial charge in [0.05, 0.1) is 11.1 Å². The van der Waals surface area contributed by atoms with Crippen LogP contribution in [0.5, 0.6) is 0 Å². The van der Waals surface area contributed by atoms with Gasteiger partial charge in [0, 0.05) is 41.5 Å². The fourth-order valence-electron chi connectivity index (χ4n) is 8.33. The number of benzene rings is 9. The van der Waals surface area contributed by atoms with E-state index in [1.165, 1.54) is 10.9 Å². The van der Waals surface area contributed by atoms with Crippen molar-refractivity contribution in [2.75, 3.05) is 0 Å². The van der Waals surface area contributed by atoms with Crippen LogP contribution in [0.4, 0.5) is 0 Å². The van der Waals surface area contributed by atoms with Crippen molar-refractivity contribution in [2.45, 2.75) is 20.3 Å². The monoisotopic (exact) mass is 970 g/mol. The van der Waals surface area contributed by atoms with E-state index in [1.807, 2.05) is 84.9 Å². The summed E-state index contributed by atoms with van der Waals surface area (Å²) in [7, 11) is -3.15. The molecule has 0 atom stereocenters. The normalized spacial score (nSPS) is 11.7. The summed E-state index contributed by atoms with van der Waals surface area (Å²) < 4.78 is 21.3. The molecular weight excluding hydrogens is 930 g/mol.